The van der Waals surface area contributed by atoms with Gasteiger partial charge in [-0.15, -0.1) is 0 Å². The van der Waals surface area contributed by atoms with Crippen molar-refractivity contribution in [2.45, 2.75) is 13.0 Å². The molecule has 0 saturated carbocycles. The molecule has 0 saturated heterocycles. The van der Waals surface area contributed by atoms with E-state index in [9.17, 15) is 9.59 Å². The van der Waals surface area contributed by atoms with Crippen LogP contribution in [0.25, 0.3) is 0 Å². The van der Waals surface area contributed by atoms with Gasteiger partial charge in [0.15, 0.2) is 18.1 Å². The third-order valence-electron chi connectivity index (χ3n) is 5.25. The molecule has 0 N–H and O–H groups in total. The number of benzene rings is 2. The second kappa shape index (κ2) is 9.60. The Labute approximate surface area is 198 Å². The summed E-state index contributed by atoms with van der Waals surface area (Å²) in [6.45, 7) is 0.527. The van der Waals surface area contributed by atoms with Gasteiger partial charge in [-0.3, -0.25) is 9.59 Å². The maximum absolute atomic E-state index is 13.0. The van der Waals surface area contributed by atoms with E-state index >= 15 is 0 Å². The van der Waals surface area contributed by atoms with E-state index in [0.29, 0.717) is 36.7 Å². The minimum Gasteiger partial charge on any atom is -0.493 e. The number of nitrogens with zero attached hydrogens (tertiary/aromatic N) is 3. The van der Waals surface area contributed by atoms with Crippen molar-refractivity contribution in [2.24, 2.45) is 0 Å². The highest BCUT2D eigenvalue weighted by Crippen LogP contribution is 2.33. The number of rotatable bonds is 7. The number of hydrogen-bond donors (Lipinski definition) is 0. The van der Waals surface area contributed by atoms with Crippen LogP contribution >= 0.6 is 22.6 Å². The van der Waals surface area contributed by atoms with Crippen molar-refractivity contribution in [3.8, 4) is 17.2 Å². The topological polar surface area (TPSA) is 82.9 Å². The summed E-state index contributed by atoms with van der Waals surface area (Å²) < 4.78 is 18.6. The summed E-state index contributed by atoms with van der Waals surface area (Å²) in [6.07, 6.45) is 2.09. The Morgan fingerprint density at radius 2 is 1.81 bits per heavy atom. The first-order valence-corrected chi connectivity index (χ1v) is 11.1. The number of carbonyl (C=O) groups is 1. The lowest BCUT2D eigenvalue weighted by Gasteiger charge is -2.29. The van der Waals surface area contributed by atoms with Crippen LogP contribution in [0.5, 0.6) is 17.2 Å². The number of amides is 1. The molecule has 0 atom stereocenters. The largest absolute Gasteiger partial charge is 0.493 e. The van der Waals surface area contributed by atoms with Crippen molar-refractivity contribution in [2.75, 3.05) is 32.3 Å². The number of aromatic nitrogens is 2. The number of anilines is 1. The fourth-order valence-corrected chi connectivity index (χ4v) is 4.28. The zero-order valence-electron chi connectivity index (χ0n) is 17.7. The number of ether oxygens (including phenoxy) is 3. The van der Waals surface area contributed by atoms with Gasteiger partial charge in [-0.05, 0) is 52.3 Å². The highest BCUT2D eigenvalue weighted by molar-refractivity contribution is 14.1. The molecule has 4 rings (SSSR count). The minimum atomic E-state index is -0.357. The minimum absolute atomic E-state index is 0.150. The average molecular weight is 547 g/mol. The van der Waals surface area contributed by atoms with E-state index in [-0.39, 0.29) is 23.8 Å². The van der Waals surface area contributed by atoms with Gasteiger partial charge in [0.25, 0.3) is 5.91 Å². The van der Waals surface area contributed by atoms with E-state index in [4.69, 9.17) is 14.2 Å². The quantitative estimate of drug-likeness (QED) is 0.424. The summed E-state index contributed by atoms with van der Waals surface area (Å²) in [5.41, 5.74) is 2.00. The smallest absolute Gasteiger partial charge is 0.311 e. The van der Waals surface area contributed by atoms with Gasteiger partial charge in [0.1, 0.15) is 5.69 Å². The van der Waals surface area contributed by atoms with Crippen molar-refractivity contribution in [3.05, 3.63) is 73.7 Å². The molecule has 3 aromatic rings. The van der Waals surface area contributed by atoms with Crippen LogP contribution in [0.2, 0.25) is 0 Å². The molecule has 166 valence electrons. The number of fused-ring (bicyclic) bond motifs is 1. The van der Waals surface area contributed by atoms with Gasteiger partial charge in [-0.1, -0.05) is 30.3 Å². The van der Waals surface area contributed by atoms with Gasteiger partial charge in [0.2, 0.25) is 5.75 Å². The number of hydrogen-bond acceptors (Lipinski definition) is 6. The fraction of sp³-hybridized carbons (Fsp3) is 0.261. The third kappa shape index (κ3) is 4.43. The van der Waals surface area contributed by atoms with Crippen LogP contribution in [0.3, 0.4) is 0 Å². The SMILES string of the molecule is COc1cc(I)c(CCN2C(=O)COc3c2cnn(Cc2ccccc2)c3=O)cc1OC. The molecule has 1 aliphatic rings. The molecule has 0 fully saturated rings. The zero-order valence-corrected chi connectivity index (χ0v) is 19.9. The zero-order chi connectivity index (χ0) is 22.7. The Morgan fingerprint density at radius 3 is 2.53 bits per heavy atom. The average Bonchev–Trinajstić information content (AvgIpc) is 2.81. The molecule has 0 unspecified atom stereocenters. The Bertz CT molecular complexity index is 1200. The highest BCUT2D eigenvalue weighted by atomic mass is 127. The van der Waals surface area contributed by atoms with Crippen molar-refractivity contribution in [1.82, 2.24) is 9.78 Å². The van der Waals surface area contributed by atoms with Crippen molar-refractivity contribution < 1.29 is 19.0 Å². The van der Waals surface area contributed by atoms with Crippen molar-refractivity contribution >= 4 is 34.2 Å². The van der Waals surface area contributed by atoms with Gasteiger partial charge < -0.3 is 19.1 Å². The van der Waals surface area contributed by atoms with Crippen LogP contribution in [0.15, 0.2) is 53.5 Å². The summed E-state index contributed by atoms with van der Waals surface area (Å²) >= 11 is 2.23. The van der Waals surface area contributed by atoms with E-state index in [1.54, 1.807) is 19.1 Å². The molecule has 1 aromatic heterocycles. The van der Waals surface area contributed by atoms with Crippen LogP contribution in [-0.4, -0.2) is 43.1 Å². The molecular weight excluding hydrogens is 525 g/mol. The second-order valence-electron chi connectivity index (χ2n) is 7.19. The maximum Gasteiger partial charge on any atom is 0.311 e. The van der Waals surface area contributed by atoms with E-state index in [1.807, 2.05) is 42.5 Å². The third-order valence-corrected chi connectivity index (χ3v) is 6.25. The molecule has 0 bridgehead atoms. The van der Waals surface area contributed by atoms with E-state index in [1.165, 1.54) is 10.9 Å². The highest BCUT2D eigenvalue weighted by Gasteiger charge is 2.29. The number of methoxy groups -OCH3 is 2. The van der Waals surface area contributed by atoms with Gasteiger partial charge >= 0.3 is 5.56 Å². The molecule has 2 aromatic carbocycles. The normalized spacial score (nSPS) is 12.8. The standard InChI is InChI=1S/C23H22IN3O5/c1-30-19-10-16(17(24)11-20(19)31-2)8-9-26-18-12-25-27(13-15-6-4-3-5-7-15)23(29)22(18)32-14-21(26)28/h3-7,10-12H,8-9,13-14H2,1-2H3. The van der Waals surface area contributed by atoms with Crippen molar-refractivity contribution in [3.63, 3.8) is 0 Å². The van der Waals surface area contributed by atoms with Crippen LogP contribution < -0.4 is 24.7 Å². The monoisotopic (exact) mass is 547 g/mol. The molecule has 2 heterocycles. The molecule has 0 radical (unpaired) electrons. The first-order valence-electron chi connectivity index (χ1n) is 9.99. The number of halogens is 1. The predicted molar refractivity (Wildman–Crippen MR) is 128 cm³/mol. The van der Waals surface area contributed by atoms with E-state index in [2.05, 4.69) is 27.7 Å². The Hall–Kier alpha value is -3.08. The van der Waals surface area contributed by atoms with Gasteiger partial charge in [-0.25, -0.2) is 4.68 Å². The number of carbonyl (C=O) groups excluding carboxylic acids is 1. The summed E-state index contributed by atoms with van der Waals surface area (Å²) in [4.78, 5) is 27.1. The second-order valence-corrected chi connectivity index (χ2v) is 8.35. The maximum atomic E-state index is 13.0. The van der Waals surface area contributed by atoms with Crippen molar-refractivity contribution in [1.29, 1.82) is 0 Å². The van der Waals surface area contributed by atoms with Crippen LogP contribution in [0, 0.1) is 3.57 Å². The molecule has 1 amide bonds. The molecule has 8 nitrogen and oxygen atoms in total. The molecule has 32 heavy (non-hydrogen) atoms. The summed E-state index contributed by atoms with van der Waals surface area (Å²) in [6, 6.07) is 13.4. The van der Waals surface area contributed by atoms with E-state index < -0.39 is 0 Å². The lowest BCUT2D eigenvalue weighted by atomic mass is 10.1. The summed E-state index contributed by atoms with van der Waals surface area (Å²) in [7, 11) is 3.18. The molecule has 9 heteroatoms. The summed E-state index contributed by atoms with van der Waals surface area (Å²) in [5, 5.41) is 4.29. The van der Waals surface area contributed by atoms with Gasteiger partial charge in [0.05, 0.1) is 27.0 Å². The Kier molecular flexibility index (Phi) is 6.63. The van der Waals surface area contributed by atoms with Crippen LogP contribution in [0.4, 0.5) is 5.69 Å². The summed E-state index contributed by atoms with van der Waals surface area (Å²) in [5.74, 6) is 1.21. The van der Waals surface area contributed by atoms with Crippen LogP contribution in [-0.2, 0) is 17.8 Å². The first kappa shape index (κ1) is 22.1. The molecule has 0 aliphatic carbocycles. The van der Waals surface area contributed by atoms with Crippen LogP contribution in [0.1, 0.15) is 11.1 Å². The Balaban J connectivity index is 1.59. The lowest BCUT2D eigenvalue weighted by molar-refractivity contribution is -0.121. The van der Waals surface area contributed by atoms with Gasteiger partial charge in [-0.2, -0.15) is 5.10 Å². The predicted octanol–water partition coefficient (Wildman–Crippen LogP) is 2.88. The Morgan fingerprint density at radius 1 is 1.09 bits per heavy atom. The molecule has 0 spiro atoms. The molecule has 1 aliphatic heterocycles. The molecular formula is C23H22IN3O5. The van der Waals surface area contributed by atoms with Gasteiger partial charge in [0, 0.05) is 10.1 Å². The fourth-order valence-electron chi connectivity index (χ4n) is 3.57. The lowest BCUT2D eigenvalue weighted by Crippen LogP contribution is -2.43. The van der Waals surface area contributed by atoms with E-state index in [0.717, 1.165) is 14.7 Å². The first-order chi connectivity index (χ1) is 15.5.